The summed E-state index contributed by atoms with van der Waals surface area (Å²) in [4.78, 5) is 42.6. The number of piperidine rings is 1. The van der Waals surface area contributed by atoms with Gasteiger partial charge in [-0.3, -0.25) is 24.6 Å². The maximum absolute atomic E-state index is 13.4. The lowest BCUT2D eigenvalue weighted by Crippen LogP contribution is -2.52. The number of carbonyl (C=O) groups excluding carboxylic acids is 3. The molecule has 4 aliphatic rings. The topological polar surface area (TPSA) is 69.7 Å². The number of likely N-dealkylation sites (tertiary alicyclic amines) is 1. The van der Waals surface area contributed by atoms with Gasteiger partial charge in [-0.05, 0) is 66.0 Å². The van der Waals surface area contributed by atoms with Crippen LogP contribution in [0.25, 0.3) is 5.57 Å². The molecule has 2 fully saturated rings. The van der Waals surface area contributed by atoms with Gasteiger partial charge in [0.2, 0.25) is 11.8 Å². The number of imide groups is 1. The van der Waals surface area contributed by atoms with Crippen LogP contribution in [0, 0.1) is 5.41 Å². The molecular weight excluding hydrogens is 530 g/mol. The fraction of sp³-hybridized carbons (Fsp3) is 0.452. The number of allylic oxidation sites excluding steroid dienone is 1. The van der Waals surface area contributed by atoms with Crippen molar-refractivity contribution in [1.29, 1.82) is 0 Å². The highest BCUT2D eigenvalue weighted by Crippen LogP contribution is 2.44. The van der Waals surface area contributed by atoms with Gasteiger partial charge >= 0.3 is 0 Å². The van der Waals surface area contributed by atoms with Crippen molar-refractivity contribution in [3.8, 4) is 0 Å². The summed E-state index contributed by atoms with van der Waals surface area (Å²) in [5.41, 5.74) is 6.29. The lowest BCUT2D eigenvalue weighted by Gasteiger charge is -2.42. The summed E-state index contributed by atoms with van der Waals surface area (Å²) >= 11 is 7.94. The van der Waals surface area contributed by atoms with Gasteiger partial charge in [0.15, 0.2) is 0 Å². The molecule has 0 aromatic heterocycles. The zero-order chi connectivity index (χ0) is 27.3. The van der Waals surface area contributed by atoms with E-state index in [1.165, 1.54) is 23.1 Å². The Hall–Kier alpha value is -2.61. The quantitative estimate of drug-likeness (QED) is 0.467. The number of amides is 3. The van der Waals surface area contributed by atoms with Crippen molar-refractivity contribution in [2.45, 2.75) is 68.7 Å². The van der Waals surface area contributed by atoms with E-state index in [1.54, 1.807) is 16.7 Å². The van der Waals surface area contributed by atoms with Gasteiger partial charge in [-0.25, -0.2) is 0 Å². The maximum atomic E-state index is 13.4. The van der Waals surface area contributed by atoms with E-state index in [2.05, 4.69) is 36.2 Å². The Labute approximate surface area is 239 Å². The minimum Gasteiger partial charge on any atom is -0.322 e. The predicted molar refractivity (Wildman–Crippen MR) is 155 cm³/mol. The summed E-state index contributed by atoms with van der Waals surface area (Å²) in [6.45, 7) is 8.10. The number of benzene rings is 2. The van der Waals surface area contributed by atoms with E-state index < -0.39 is 6.04 Å². The number of hydrogen-bond donors (Lipinski definition) is 1. The lowest BCUT2D eigenvalue weighted by molar-refractivity contribution is -0.136. The third kappa shape index (κ3) is 5.41. The molecule has 2 saturated heterocycles. The van der Waals surface area contributed by atoms with E-state index in [-0.39, 0.29) is 24.1 Å². The number of nitrogens with one attached hydrogen (secondary N) is 1. The standard InChI is InChI=1S/C31H34ClN3O3S/c1-31(2)13-12-20(24(14-31)19-6-8-22(32)9-7-19)15-34-17-23(18-34)39-26-5-3-4-21-16-35(30(38)28(21)26)25-10-11-27(36)33-29(25)37/h3-9,23,25H,10-18H2,1-2H3,(H,33,36,37). The minimum atomic E-state index is -0.580. The molecule has 3 aliphatic heterocycles. The minimum absolute atomic E-state index is 0.0960. The van der Waals surface area contributed by atoms with Crippen molar-refractivity contribution in [3.05, 3.63) is 69.8 Å². The van der Waals surface area contributed by atoms with Crippen LogP contribution >= 0.6 is 23.4 Å². The Morgan fingerprint density at radius 1 is 1.05 bits per heavy atom. The molecule has 6 nitrogen and oxygen atoms in total. The van der Waals surface area contributed by atoms with E-state index in [1.807, 2.05) is 30.3 Å². The van der Waals surface area contributed by atoms with Crippen LogP contribution in [0.2, 0.25) is 5.02 Å². The Kier molecular flexibility index (Phi) is 7.11. The molecule has 39 heavy (non-hydrogen) atoms. The summed E-state index contributed by atoms with van der Waals surface area (Å²) in [7, 11) is 0. The molecule has 1 unspecified atom stereocenters. The third-order valence-corrected chi connectivity index (χ3v) is 10.0. The van der Waals surface area contributed by atoms with E-state index in [4.69, 9.17) is 11.6 Å². The molecule has 1 atom stereocenters. The molecule has 3 amide bonds. The van der Waals surface area contributed by atoms with Gasteiger partial charge in [0, 0.05) is 47.8 Å². The number of carbonyl (C=O) groups is 3. The summed E-state index contributed by atoms with van der Waals surface area (Å²) in [5.74, 6) is -0.727. The second-order valence-corrected chi connectivity index (χ2v) is 13.8. The van der Waals surface area contributed by atoms with Crippen LogP contribution in [0.15, 0.2) is 52.9 Å². The molecular formula is C31H34ClN3O3S. The van der Waals surface area contributed by atoms with Crippen molar-refractivity contribution in [3.63, 3.8) is 0 Å². The number of halogens is 1. The van der Waals surface area contributed by atoms with Gasteiger partial charge in [0.25, 0.3) is 5.91 Å². The maximum Gasteiger partial charge on any atom is 0.256 e. The summed E-state index contributed by atoms with van der Waals surface area (Å²) in [6.07, 6.45) is 4.06. The Morgan fingerprint density at radius 3 is 2.56 bits per heavy atom. The second kappa shape index (κ2) is 10.4. The Morgan fingerprint density at radius 2 is 1.82 bits per heavy atom. The molecule has 2 aromatic rings. The average Bonchev–Trinajstić information content (AvgIpc) is 3.20. The predicted octanol–water partition coefficient (Wildman–Crippen LogP) is 5.54. The fourth-order valence-corrected chi connectivity index (χ4v) is 7.87. The first-order chi connectivity index (χ1) is 18.7. The summed E-state index contributed by atoms with van der Waals surface area (Å²) < 4.78 is 0. The normalized spacial score (nSPS) is 23.6. The van der Waals surface area contributed by atoms with Crippen molar-refractivity contribution in [2.75, 3.05) is 19.6 Å². The molecule has 0 radical (unpaired) electrons. The van der Waals surface area contributed by atoms with Crippen molar-refractivity contribution in [1.82, 2.24) is 15.1 Å². The first kappa shape index (κ1) is 26.6. The highest BCUT2D eigenvalue weighted by atomic mass is 35.5. The SMILES string of the molecule is CC1(C)CCC(CN2CC(Sc3cccc4c3C(=O)N(C3CCC(=O)NC3=O)C4)C2)=C(c2ccc(Cl)cc2)C1. The molecule has 0 bridgehead atoms. The van der Waals surface area contributed by atoms with Crippen LogP contribution in [0.3, 0.4) is 0 Å². The highest BCUT2D eigenvalue weighted by molar-refractivity contribution is 8.00. The zero-order valence-electron chi connectivity index (χ0n) is 22.5. The molecule has 8 heteroatoms. The highest BCUT2D eigenvalue weighted by Gasteiger charge is 2.41. The monoisotopic (exact) mass is 563 g/mol. The lowest BCUT2D eigenvalue weighted by atomic mass is 9.72. The van der Waals surface area contributed by atoms with Crippen LogP contribution in [0.1, 0.15) is 67.4 Å². The summed E-state index contributed by atoms with van der Waals surface area (Å²) in [5, 5.41) is 3.58. The Balaban J connectivity index is 1.12. The second-order valence-electron chi connectivity index (χ2n) is 12.1. The van der Waals surface area contributed by atoms with Crippen molar-refractivity contribution >= 4 is 46.7 Å². The first-order valence-corrected chi connectivity index (χ1v) is 15.0. The summed E-state index contributed by atoms with van der Waals surface area (Å²) in [6, 6.07) is 13.7. The number of rotatable bonds is 6. The van der Waals surface area contributed by atoms with Crippen molar-refractivity contribution < 1.29 is 14.4 Å². The first-order valence-electron chi connectivity index (χ1n) is 13.8. The van der Waals surface area contributed by atoms with Gasteiger partial charge in [-0.2, -0.15) is 0 Å². The van der Waals surface area contributed by atoms with Gasteiger partial charge in [0.1, 0.15) is 6.04 Å². The fourth-order valence-electron chi connectivity index (χ4n) is 6.32. The molecule has 204 valence electrons. The van der Waals surface area contributed by atoms with Gasteiger partial charge in [-0.1, -0.05) is 55.3 Å². The number of nitrogens with zero attached hydrogens (tertiary/aromatic N) is 2. The van der Waals surface area contributed by atoms with Crippen molar-refractivity contribution in [2.24, 2.45) is 5.41 Å². The Bertz CT molecular complexity index is 1360. The molecule has 1 N–H and O–H groups in total. The van der Waals surface area contributed by atoms with E-state index in [0.717, 1.165) is 53.5 Å². The van der Waals surface area contributed by atoms with E-state index in [9.17, 15) is 14.4 Å². The van der Waals surface area contributed by atoms with Gasteiger partial charge in [-0.15, -0.1) is 11.8 Å². The number of fused-ring (bicyclic) bond motifs is 1. The van der Waals surface area contributed by atoms with Crippen LogP contribution in [-0.2, 0) is 16.1 Å². The largest absolute Gasteiger partial charge is 0.322 e. The molecule has 2 aromatic carbocycles. The van der Waals surface area contributed by atoms with E-state index in [0.29, 0.717) is 23.6 Å². The zero-order valence-corrected chi connectivity index (χ0v) is 24.0. The molecule has 3 heterocycles. The van der Waals surface area contributed by atoms with Crippen LogP contribution in [0.4, 0.5) is 0 Å². The third-order valence-electron chi connectivity index (χ3n) is 8.52. The molecule has 0 saturated carbocycles. The van der Waals surface area contributed by atoms with Gasteiger partial charge in [0.05, 0.1) is 5.56 Å². The number of hydrogen-bond acceptors (Lipinski definition) is 5. The van der Waals surface area contributed by atoms with Crippen LogP contribution in [-0.4, -0.2) is 58.4 Å². The van der Waals surface area contributed by atoms with Gasteiger partial charge < -0.3 is 4.90 Å². The average molecular weight is 564 g/mol. The number of thioether (sulfide) groups is 1. The smallest absolute Gasteiger partial charge is 0.256 e. The molecule has 0 spiro atoms. The van der Waals surface area contributed by atoms with Crippen LogP contribution in [0.5, 0.6) is 0 Å². The molecule has 1 aliphatic carbocycles. The van der Waals surface area contributed by atoms with Crippen LogP contribution < -0.4 is 5.32 Å². The van der Waals surface area contributed by atoms with E-state index >= 15 is 0 Å². The molecule has 6 rings (SSSR count).